The van der Waals surface area contributed by atoms with Crippen molar-refractivity contribution in [3.05, 3.63) is 29.8 Å². The molecule has 2 nitrogen and oxygen atoms in total. The Morgan fingerprint density at radius 3 is 2.73 bits per heavy atom. The van der Waals surface area contributed by atoms with Crippen LogP contribution < -0.4 is 4.00 Å². The lowest BCUT2D eigenvalue weighted by molar-refractivity contribution is 0.277. The Kier molecular flexibility index (Phi) is 2.36. The maximum Gasteiger partial charge on any atom is 0.468 e. The van der Waals surface area contributed by atoms with Gasteiger partial charge in [-0.2, -0.15) is 0 Å². The molecule has 1 heterocycles. The summed E-state index contributed by atoms with van der Waals surface area (Å²) in [5.41, 5.74) is 1.72. The summed E-state index contributed by atoms with van der Waals surface area (Å²) in [6.45, 7) is 4.00. The summed E-state index contributed by atoms with van der Waals surface area (Å²) in [6, 6.07) is 7.82. The van der Waals surface area contributed by atoms with Gasteiger partial charge in [0.05, 0.1) is 0 Å². The number of halogens is 1. The first-order chi connectivity index (χ1) is 7.01. The van der Waals surface area contributed by atoms with Crippen molar-refractivity contribution in [2.24, 2.45) is 0 Å². The van der Waals surface area contributed by atoms with Crippen molar-refractivity contribution >= 4 is 23.9 Å². The Bertz CT molecular complexity index is 402. The number of amides is 1. The number of carbonyl (C=O) groups excluding carboxylic acids is 1. The molecular weight excluding hydrogens is 210 g/mol. The number of rotatable bonds is 1. The van der Waals surface area contributed by atoms with Gasteiger partial charge >= 0.3 is 6.41 Å². The summed E-state index contributed by atoms with van der Waals surface area (Å²) in [5, 5.41) is 0. The van der Waals surface area contributed by atoms with Crippen molar-refractivity contribution in [1.82, 2.24) is 4.00 Å². The first-order valence-corrected chi connectivity index (χ1v) is 5.42. The third-order valence-electron chi connectivity index (χ3n) is 3.29. The summed E-state index contributed by atoms with van der Waals surface area (Å²) in [5.74, 6) is 0. The van der Waals surface area contributed by atoms with Crippen LogP contribution in [-0.2, 0) is 11.2 Å². The highest BCUT2D eigenvalue weighted by molar-refractivity contribution is 6.29. The summed E-state index contributed by atoms with van der Waals surface area (Å²) in [4.78, 5) is 11.2. The first-order valence-electron chi connectivity index (χ1n) is 5.08. The Balaban J connectivity index is 2.63. The molecule has 15 heavy (non-hydrogen) atoms. The second-order valence-electron chi connectivity index (χ2n) is 4.62. The molecule has 0 saturated heterocycles. The van der Waals surface area contributed by atoms with Gasteiger partial charge in [0.1, 0.15) is 5.54 Å². The zero-order valence-corrected chi connectivity index (χ0v) is 9.71. The van der Waals surface area contributed by atoms with Crippen LogP contribution in [0.4, 0.5) is 5.69 Å². The Morgan fingerprint density at radius 2 is 2.07 bits per heavy atom. The quantitative estimate of drug-likeness (QED) is 0.669. The molecule has 1 aliphatic rings. The second kappa shape index (κ2) is 3.32. The van der Waals surface area contributed by atoms with Gasteiger partial charge in [-0.15, -0.1) is 4.00 Å². The van der Waals surface area contributed by atoms with Gasteiger partial charge in [0.15, 0.2) is 17.5 Å². The van der Waals surface area contributed by atoms with Crippen LogP contribution in [0, 0.1) is 0 Å². The molecule has 2 rings (SSSR count). The lowest BCUT2D eigenvalue weighted by Crippen LogP contribution is -2.57. The van der Waals surface area contributed by atoms with Crippen LogP contribution >= 0.6 is 11.8 Å². The molecule has 1 amide bonds. The minimum Gasteiger partial charge on any atom is -0.212 e. The van der Waals surface area contributed by atoms with E-state index in [0.29, 0.717) is 0 Å². The standard InChI is InChI=1S/C12H14ClNO/c1-12(2)8-7-10-5-3-4-6-11(10)14(12,13)9-15/h3-6H,7-8H2,1-2H3/q+1. The van der Waals surface area contributed by atoms with Crippen molar-refractivity contribution in [1.29, 1.82) is 0 Å². The summed E-state index contributed by atoms with van der Waals surface area (Å²) >= 11 is 6.40. The van der Waals surface area contributed by atoms with Gasteiger partial charge in [-0.1, -0.05) is 18.2 Å². The lowest BCUT2D eigenvalue weighted by atomic mass is 9.87. The maximum atomic E-state index is 11.2. The molecule has 0 fully saturated rings. The fraction of sp³-hybridized carbons (Fsp3) is 0.417. The van der Waals surface area contributed by atoms with Crippen LogP contribution in [0.15, 0.2) is 24.3 Å². The van der Waals surface area contributed by atoms with E-state index in [1.54, 1.807) is 0 Å². The summed E-state index contributed by atoms with van der Waals surface area (Å²) in [7, 11) is 0. The molecule has 3 heteroatoms. The number of fused-ring (bicyclic) bond motifs is 1. The monoisotopic (exact) mass is 223 g/mol. The van der Waals surface area contributed by atoms with Crippen molar-refractivity contribution in [3.63, 3.8) is 0 Å². The molecule has 1 radical (unpaired) electrons. The van der Waals surface area contributed by atoms with Gasteiger partial charge < -0.3 is 0 Å². The Labute approximate surface area is 95.2 Å². The molecule has 0 aliphatic carbocycles. The fourth-order valence-corrected chi connectivity index (χ4v) is 2.37. The molecule has 0 spiro atoms. The van der Waals surface area contributed by atoms with Crippen LogP contribution in [0.1, 0.15) is 25.8 Å². The van der Waals surface area contributed by atoms with Crippen LogP contribution in [0.25, 0.3) is 0 Å². The van der Waals surface area contributed by atoms with Crippen LogP contribution in [-0.4, -0.2) is 11.9 Å². The van der Waals surface area contributed by atoms with Gasteiger partial charge in [0.2, 0.25) is 0 Å². The maximum absolute atomic E-state index is 11.2. The average Bonchev–Trinajstić information content (AvgIpc) is 2.24. The minimum absolute atomic E-state index is 0.261. The zero-order chi connectivity index (χ0) is 11.1. The molecule has 1 aromatic carbocycles. The number of hydrogen-bond donors (Lipinski definition) is 0. The van der Waals surface area contributed by atoms with Gasteiger partial charge in [0, 0.05) is 18.1 Å². The van der Waals surface area contributed by atoms with Crippen LogP contribution in [0.2, 0.25) is 0 Å². The van der Waals surface area contributed by atoms with E-state index in [0.717, 1.165) is 24.1 Å². The van der Waals surface area contributed by atoms with E-state index in [-0.39, 0.29) is 9.54 Å². The second-order valence-corrected chi connectivity index (χ2v) is 5.13. The smallest absolute Gasteiger partial charge is 0.212 e. The highest BCUT2D eigenvalue weighted by atomic mass is 35.5. The number of hydrogen-bond acceptors (Lipinski definition) is 1. The third kappa shape index (κ3) is 1.40. The van der Waals surface area contributed by atoms with Gasteiger partial charge in [-0.25, -0.2) is 4.79 Å². The highest BCUT2D eigenvalue weighted by Gasteiger charge is 2.51. The van der Waals surface area contributed by atoms with Crippen molar-refractivity contribution < 1.29 is 4.79 Å². The summed E-state index contributed by atoms with van der Waals surface area (Å²) < 4.78 is -0.261. The predicted octanol–water partition coefficient (Wildman–Crippen LogP) is 2.94. The Hall–Kier alpha value is -0.860. The predicted molar refractivity (Wildman–Crippen MR) is 62.2 cm³/mol. The minimum atomic E-state index is -0.294. The fourth-order valence-electron chi connectivity index (χ4n) is 2.12. The van der Waals surface area contributed by atoms with E-state index in [9.17, 15) is 4.79 Å². The number of benzene rings is 1. The SMILES string of the molecule is CC1(C)CCc2ccccc2[N+]1(Cl)[C]=O. The van der Waals surface area contributed by atoms with Crippen molar-refractivity contribution in [2.45, 2.75) is 32.2 Å². The largest absolute Gasteiger partial charge is 0.468 e. The molecule has 1 aliphatic heterocycles. The normalized spacial score (nSPS) is 28.2. The van der Waals surface area contributed by atoms with E-state index in [2.05, 4.69) is 0 Å². The Morgan fingerprint density at radius 1 is 1.40 bits per heavy atom. The van der Waals surface area contributed by atoms with Crippen LogP contribution in [0.3, 0.4) is 0 Å². The molecule has 0 bridgehead atoms. The molecule has 79 valence electrons. The van der Waals surface area contributed by atoms with Gasteiger partial charge in [0.25, 0.3) is 0 Å². The molecule has 1 unspecified atom stereocenters. The summed E-state index contributed by atoms with van der Waals surface area (Å²) in [6.07, 6.45) is 3.84. The van der Waals surface area contributed by atoms with Crippen LogP contribution in [0.5, 0.6) is 0 Å². The van der Waals surface area contributed by atoms with E-state index >= 15 is 0 Å². The number of para-hydroxylation sites is 1. The molecule has 1 atom stereocenters. The third-order valence-corrected chi connectivity index (χ3v) is 4.00. The van der Waals surface area contributed by atoms with E-state index in [4.69, 9.17) is 11.8 Å². The van der Waals surface area contributed by atoms with Gasteiger partial charge in [-0.05, 0) is 20.3 Å². The molecule has 1 aromatic rings. The number of quaternary nitrogens is 1. The lowest BCUT2D eigenvalue weighted by Gasteiger charge is -2.40. The van der Waals surface area contributed by atoms with E-state index < -0.39 is 0 Å². The van der Waals surface area contributed by atoms with Crippen molar-refractivity contribution in [2.75, 3.05) is 0 Å². The molecule has 0 N–H and O–H groups in total. The number of aryl methyl sites for hydroxylation is 1. The highest BCUT2D eigenvalue weighted by Crippen LogP contribution is 2.43. The van der Waals surface area contributed by atoms with Gasteiger partial charge in [-0.3, -0.25) is 0 Å². The zero-order valence-electron chi connectivity index (χ0n) is 8.96. The molecule has 0 saturated carbocycles. The average molecular weight is 224 g/mol. The van der Waals surface area contributed by atoms with E-state index in [1.807, 2.05) is 44.5 Å². The molecule has 0 aromatic heterocycles. The first kappa shape index (κ1) is 10.7. The molecular formula is C12H14ClNO+. The topological polar surface area (TPSA) is 17.1 Å². The number of nitrogens with zero attached hydrogens (tertiary/aromatic N) is 1. The van der Waals surface area contributed by atoms with E-state index in [1.165, 1.54) is 0 Å². The van der Waals surface area contributed by atoms with Crippen molar-refractivity contribution in [3.8, 4) is 0 Å².